The molecule has 0 aromatic carbocycles. The lowest BCUT2D eigenvalue weighted by Gasteiger charge is -2.09. The van der Waals surface area contributed by atoms with Gasteiger partial charge in [-0.1, -0.05) is 0 Å². The third kappa shape index (κ3) is 4.01. The molecule has 12 heteroatoms. The van der Waals surface area contributed by atoms with E-state index in [-0.39, 0.29) is 17.9 Å². The molecule has 0 aliphatic rings. The number of carbonyl (C=O) groups is 1. The number of hydrogen-bond acceptors (Lipinski definition) is 8. The van der Waals surface area contributed by atoms with Crippen LogP contribution in [-0.2, 0) is 14.8 Å². The molecule has 4 heterocycles. The monoisotopic (exact) mass is 445 g/mol. The van der Waals surface area contributed by atoms with E-state index in [9.17, 15) is 18.0 Å². The highest BCUT2D eigenvalue weighted by atomic mass is 32.2. The molecule has 0 unspecified atom stereocenters. The molecular weight excluding hydrogens is 430 g/mol. The Balaban J connectivity index is 1.45. The quantitative estimate of drug-likeness (QED) is 0.440. The number of hydrogen-bond donors (Lipinski definition) is 2. The van der Waals surface area contributed by atoms with Gasteiger partial charge in [0.1, 0.15) is 21.8 Å². The van der Waals surface area contributed by atoms with Crippen LogP contribution in [0.25, 0.3) is 21.5 Å². The van der Waals surface area contributed by atoms with Gasteiger partial charge in [0.25, 0.3) is 5.56 Å². The van der Waals surface area contributed by atoms with Crippen molar-refractivity contribution in [1.29, 1.82) is 0 Å². The highest BCUT2D eigenvalue weighted by Gasteiger charge is 2.17. The lowest BCUT2D eigenvalue weighted by molar-refractivity contribution is -0.117. The maximum absolute atomic E-state index is 12.8. The number of rotatable bonds is 7. The predicted octanol–water partition coefficient (Wildman–Crippen LogP) is 1.55. The van der Waals surface area contributed by atoms with E-state index in [0.29, 0.717) is 21.5 Å². The first-order valence-corrected chi connectivity index (χ1v) is 11.0. The van der Waals surface area contributed by atoms with Gasteiger partial charge in [0.2, 0.25) is 15.9 Å². The molecular formula is C18H15N5O5S2. The van der Waals surface area contributed by atoms with E-state index < -0.39 is 21.5 Å². The highest BCUT2D eigenvalue weighted by Crippen LogP contribution is 2.30. The molecule has 0 spiro atoms. The molecule has 4 aromatic rings. The summed E-state index contributed by atoms with van der Waals surface area (Å²) in [6, 6.07) is 6.33. The van der Waals surface area contributed by atoms with Crippen molar-refractivity contribution in [3.63, 3.8) is 0 Å². The number of furan rings is 1. The summed E-state index contributed by atoms with van der Waals surface area (Å²) in [6.07, 6.45) is 5.20. The first kappa shape index (κ1) is 19.9. The second-order valence-electron chi connectivity index (χ2n) is 6.10. The molecule has 2 N–H and O–H groups in total. The Labute approximate surface area is 174 Å². The molecule has 10 nitrogen and oxygen atoms in total. The van der Waals surface area contributed by atoms with Gasteiger partial charge in [0, 0.05) is 36.3 Å². The zero-order valence-corrected chi connectivity index (χ0v) is 16.9. The molecule has 30 heavy (non-hydrogen) atoms. The number of sulfonamides is 1. The second kappa shape index (κ2) is 8.18. The Morgan fingerprint density at radius 1 is 1.27 bits per heavy atom. The first-order chi connectivity index (χ1) is 14.5. The summed E-state index contributed by atoms with van der Waals surface area (Å²) in [5, 5.41) is 2.09. The normalized spacial score (nSPS) is 11.6. The molecule has 0 bridgehead atoms. The Hall–Kier alpha value is -3.35. The SMILES string of the molecule is O=C(CCNS(=O)(=O)c1cccnc1)Nn1cnc2scc(-c3ccco3)c2c1=O. The third-order valence-corrected chi connectivity index (χ3v) is 6.45. The van der Waals surface area contributed by atoms with Crippen LogP contribution in [0.4, 0.5) is 0 Å². The number of amides is 1. The van der Waals surface area contributed by atoms with Crippen molar-refractivity contribution in [2.75, 3.05) is 12.0 Å². The first-order valence-electron chi connectivity index (χ1n) is 8.68. The molecule has 0 saturated heterocycles. The van der Waals surface area contributed by atoms with E-state index in [4.69, 9.17) is 4.42 Å². The van der Waals surface area contributed by atoms with Crippen LogP contribution in [-0.4, -0.2) is 35.5 Å². The summed E-state index contributed by atoms with van der Waals surface area (Å²) in [7, 11) is -3.77. The van der Waals surface area contributed by atoms with E-state index in [1.807, 2.05) is 0 Å². The minimum atomic E-state index is -3.77. The van der Waals surface area contributed by atoms with Crippen molar-refractivity contribution >= 4 is 37.5 Å². The van der Waals surface area contributed by atoms with Gasteiger partial charge in [-0.2, -0.15) is 0 Å². The molecule has 154 valence electrons. The van der Waals surface area contributed by atoms with E-state index in [1.165, 1.54) is 48.5 Å². The van der Waals surface area contributed by atoms with Crippen molar-refractivity contribution in [2.45, 2.75) is 11.3 Å². The minimum absolute atomic E-state index is 0.000748. The Morgan fingerprint density at radius 3 is 2.87 bits per heavy atom. The fourth-order valence-corrected chi connectivity index (χ4v) is 4.59. The molecule has 4 rings (SSSR count). The topological polar surface area (TPSA) is 136 Å². The largest absolute Gasteiger partial charge is 0.464 e. The van der Waals surface area contributed by atoms with Gasteiger partial charge in [-0.15, -0.1) is 11.3 Å². The Morgan fingerprint density at radius 2 is 2.13 bits per heavy atom. The maximum Gasteiger partial charge on any atom is 0.281 e. The zero-order chi connectivity index (χ0) is 21.1. The average molecular weight is 445 g/mol. The van der Waals surface area contributed by atoms with Crippen molar-refractivity contribution in [3.05, 3.63) is 65.0 Å². The fraction of sp³-hybridized carbons (Fsp3) is 0.111. The lowest BCUT2D eigenvalue weighted by Crippen LogP contribution is -2.35. The molecule has 0 radical (unpaired) electrons. The fourth-order valence-electron chi connectivity index (χ4n) is 2.70. The number of thiophene rings is 1. The Bertz CT molecular complexity index is 1340. The summed E-state index contributed by atoms with van der Waals surface area (Å²) >= 11 is 1.29. The van der Waals surface area contributed by atoms with Gasteiger partial charge >= 0.3 is 0 Å². The van der Waals surface area contributed by atoms with E-state index in [0.717, 1.165) is 4.68 Å². The standard InChI is InChI=1S/C18H15N5O5S2/c24-15(5-7-21-30(26,27)12-3-1-6-19-9-12)22-23-11-20-17-16(18(23)25)13(10-29-17)14-4-2-8-28-14/h1-4,6,8-11,21H,5,7H2,(H,22,24). The van der Waals surface area contributed by atoms with Crippen LogP contribution < -0.4 is 15.7 Å². The van der Waals surface area contributed by atoms with Gasteiger partial charge in [-0.3, -0.25) is 20.0 Å². The second-order valence-corrected chi connectivity index (χ2v) is 8.72. The summed E-state index contributed by atoms with van der Waals surface area (Å²) in [4.78, 5) is 33.5. The molecule has 0 aliphatic carbocycles. The van der Waals surface area contributed by atoms with Crippen LogP contribution in [0.15, 0.2) is 68.7 Å². The van der Waals surface area contributed by atoms with Gasteiger partial charge in [-0.05, 0) is 24.3 Å². The Kier molecular flexibility index (Phi) is 5.44. The molecule has 0 aliphatic heterocycles. The maximum atomic E-state index is 12.8. The van der Waals surface area contributed by atoms with Gasteiger partial charge < -0.3 is 4.42 Å². The highest BCUT2D eigenvalue weighted by molar-refractivity contribution is 7.89. The average Bonchev–Trinajstić information content (AvgIpc) is 3.40. The zero-order valence-electron chi connectivity index (χ0n) is 15.3. The van der Waals surface area contributed by atoms with Crippen molar-refractivity contribution in [3.8, 4) is 11.3 Å². The number of aromatic nitrogens is 3. The number of nitrogens with one attached hydrogen (secondary N) is 2. The number of nitrogens with zero attached hydrogens (tertiary/aromatic N) is 3. The predicted molar refractivity (Wildman–Crippen MR) is 110 cm³/mol. The summed E-state index contributed by atoms with van der Waals surface area (Å²) < 4.78 is 32.9. The lowest BCUT2D eigenvalue weighted by atomic mass is 10.2. The minimum Gasteiger partial charge on any atom is -0.464 e. The summed E-state index contributed by atoms with van der Waals surface area (Å²) in [5.74, 6) is -0.0315. The van der Waals surface area contributed by atoms with Crippen LogP contribution in [0, 0.1) is 0 Å². The van der Waals surface area contributed by atoms with Crippen molar-refractivity contribution in [1.82, 2.24) is 19.4 Å². The van der Waals surface area contributed by atoms with E-state index in [2.05, 4.69) is 20.1 Å². The molecule has 0 saturated carbocycles. The van der Waals surface area contributed by atoms with Gasteiger partial charge in [0.05, 0.1) is 11.6 Å². The van der Waals surface area contributed by atoms with Gasteiger partial charge in [-0.25, -0.2) is 22.8 Å². The molecule has 0 fully saturated rings. The molecule has 1 amide bonds. The van der Waals surface area contributed by atoms with Crippen molar-refractivity contribution in [2.24, 2.45) is 0 Å². The van der Waals surface area contributed by atoms with Crippen LogP contribution in [0.3, 0.4) is 0 Å². The molecule has 4 aromatic heterocycles. The number of fused-ring (bicyclic) bond motifs is 1. The van der Waals surface area contributed by atoms with E-state index >= 15 is 0 Å². The van der Waals surface area contributed by atoms with Crippen LogP contribution in [0.1, 0.15) is 6.42 Å². The third-order valence-electron chi connectivity index (χ3n) is 4.12. The smallest absolute Gasteiger partial charge is 0.281 e. The van der Waals surface area contributed by atoms with Crippen molar-refractivity contribution < 1.29 is 17.6 Å². The van der Waals surface area contributed by atoms with E-state index in [1.54, 1.807) is 17.5 Å². The summed E-state index contributed by atoms with van der Waals surface area (Å²) in [6.45, 7) is -0.149. The van der Waals surface area contributed by atoms with Crippen LogP contribution in [0.2, 0.25) is 0 Å². The van der Waals surface area contributed by atoms with Gasteiger partial charge in [0.15, 0.2) is 0 Å². The van der Waals surface area contributed by atoms with Crippen LogP contribution >= 0.6 is 11.3 Å². The van der Waals surface area contributed by atoms with Crippen LogP contribution in [0.5, 0.6) is 0 Å². The molecule has 0 atom stereocenters. The summed E-state index contributed by atoms with van der Waals surface area (Å²) in [5.41, 5.74) is 2.55. The number of pyridine rings is 1. The number of carbonyl (C=O) groups excluding carboxylic acids is 1.